The Morgan fingerprint density at radius 3 is 1.64 bits per heavy atom. The molecule has 0 radical (unpaired) electrons. The number of fused-ring (bicyclic) bond motifs is 1. The van der Waals surface area contributed by atoms with Gasteiger partial charge in [0.1, 0.15) is 0 Å². The number of hydrogen-bond acceptors (Lipinski definition) is 7. The van der Waals surface area contributed by atoms with E-state index < -0.39 is 36.4 Å². The molecule has 2 aliphatic rings. The monoisotopic (exact) mass is 664 g/mol. The zero-order valence-corrected chi connectivity index (χ0v) is 22.7. The third kappa shape index (κ3) is 13.8. The Morgan fingerprint density at radius 1 is 0.733 bits per heavy atom. The van der Waals surface area contributed by atoms with Crippen LogP contribution in [0.3, 0.4) is 0 Å². The summed E-state index contributed by atoms with van der Waals surface area (Å²) in [7, 11) is 0. The molecule has 2 fully saturated rings. The molecule has 2 atom stereocenters. The number of halogens is 9. The summed E-state index contributed by atoms with van der Waals surface area (Å²) in [5, 5.41) is 21.4. The minimum Gasteiger partial charge on any atom is -0.475 e. The van der Waals surface area contributed by atoms with Crippen LogP contribution in [0, 0.1) is 0 Å². The van der Waals surface area contributed by atoms with Gasteiger partial charge in [0.25, 0.3) is 0 Å². The lowest BCUT2D eigenvalue weighted by Gasteiger charge is -2.40. The number of aromatic nitrogens is 2. The minimum atomic E-state index is -5.08. The zero-order valence-electron chi connectivity index (χ0n) is 22.7. The first kappa shape index (κ1) is 38.5. The Bertz CT molecular complexity index is 1200. The van der Waals surface area contributed by atoms with Crippen LogP contribution in [0.25, 0.3) is 0 Å². The first-order chi connectivity index (χ1) is 20.6. The van der Waals surface area contributed by atoms with Crippen LogP contribution in [0.4, 0.5) is 39.5 Å². The number of piperidine rings is 1. The quantitative estimate of drug-likeness (QED) is 0.405. The molecule has 0 bridgehead atoms. The topological polar surface area (TPSA) is 161 Å². The third-order valence-corrected chi connectivity index (χ3v) is 5.92. The van der Waals surface area contributed by atoms with Crippen molar-refractivity contribution in [1.29, 1.82) is 0 Å². The predicted octanol–water partition coefficient (Wildman–Crippen LogP) is 4.14. The zero-order chi connectivity index (χ0) is 34.6. The molecule has 2 aromatic rings. The van der Waals surface area contributed by atoms with E-state index in [4.69, 9.17) is 29.7 Å². The van der Waals surface area contributed by atoms with Crippen LogP contribution in [0.5, 0.6) is 0 Å². The second-order valence-electron chi connectivity index (χ2n) is 9.04. The maximum atomic E-state index is 12.5. The highest BCUT2D eigenvalue weighted by atomic mass is 19.4. The van der Waals surface area contributed by atoms with Crippen molar-refractivity contribution in [2.24, 2.45) is 0 Å². The van der Waals surface area contributed by atoms with E-state index in [1.807, 2.05) is 30.5 Å². The molecular formula is C25H25F9N4O7. The van der Waals surface area contributed by atoms with Gasteiger partial charge in [0.15, 0.2) is 0 Å². The van der Waals surface area contributed by atoms with Gasteiger partial charge in [-0.2, -0.15) is 39.5 Å². The number of carbonyl (C=O) groups is 4. The van der Waals surface area contributed by atoms with Crippen molar-refractivity contribution in [2.45, 2.75) is 63.0 Å². The van der Waals surface area contributed by atoms with E-state index in [9.17, 15) is 44.3 Å². The smallest absolute Gasteiger partial charge is 0.475 e. The van der Waals surface area contributed by atoms with Crippen LogP contribution in [0.2, 0.25) is 0 Å². The van der Waals surface area contributed by atoms with Gasteiger partial charge in [0.2, 0.25) is 5.91 Å². The van der Waals surface area contributed by atoms with Gasteiger partial charge in [-0.1, -0.05) is 6.07 Å². The molecule has 1 amide bonds. The standard InChI is InChI=1S/C19H22N4O.3C2HF3O2/c24-19-5-4-17-18(23(19)13-15-6-10-20-11-7-15)8-12-22(17)14-16-3-1-2-9-21-16;3*3-2(4,5)1(6)7/h1-3,6-7,9-11,17-18H,4-5,8,12-14H2;3*(H,6,7)/t17-,18-;;;/m1.../s1. The van der Waals surface area contributed by atoms with Gasteiger partial charge in [-0.15, -0.1) is 0 Å². The van der Waals surface area contributed by atoms with Crippen molar-refractivity contribution >= 4 is 23.8 Å². The van der Waals surface area contributed by atoms with Gasteiger partial charge in [-0.25, -0.2) is 14.4 Å². The molecule has 250 valence electrons. The normalized spacial score (nSPS) is 18.2. The summed E-state index contributed by atoms with van der Waals surface area (Å²) < 4.78 is 95.2. The fraction of sp³-hybridized carbons (Fsp3) is 0.440. The molecule has 0 aromatic carbocycles. The Labute approximate surface area is 247 Å². The number of alkyl halides is 9. The van der Waals surface area contributed by atoms with Gasteiger partial charge in [0, 0.05) is 56.7 Å². The number of nitrogens with zero attached hydrogens (tertiary/aromatic N) is 4. The molecular weight excluding hydrogens is 639 g/mol. The summed E-state index contributed by atoms with van der Waals surface area (Å²) in [5.41, 5.74) is 2.26. The number of pyridine rings is 2. The summed E-state index contributed by atoms with van der Waals surface area (Å²) in [6, 6.07) is 10.8. The lowest BCUT2D eigenvalue weighted by atomic mass is 9.95. The average molecular weight is 664 g/mol. The average Bonchev–Trinajstić information content (AvgIpc) is 3.33. The number of hydrogen-bond donors (Lipinski definition) is 3. The number of carboxylic acid groups (broad SMARTS) is 3. The molecule has 45 heavy (non-hydrogen) atoms. The predicted molar refractivity (Wildman–Crippen MR) is 132 cm³/mol. The van der Waals surface area contributed by atoms with Crippen molar-refractivity contribution in [3.05, 3.63) is 60.2 Å². The van der Waals surface area contributed by atoms with Gasteiger partial charge in [0.05, 0.1) is 5.69 Å². The highest BCUT2D eigenvalue weighted by Gasteiger charge is 2.43. The summed E-state index contributed by atoms with van der Waals surface area (Å²) in [4.78, 5) is 52.3. The molecule has 2 aromatic heterocycles. The van der Waals surface area contributed by atoms with Gasteiger partial charge in [-0.3, -0.25) is 19.7 Å². The van der Waals surface area contributed by atoms with Crippen LogP contribution < -0.4 is 0 Å². The SMILES string of the molecule is O=C(O)C(F)(F)F.O=C(O)C(F)(F)F.O=C(O)C(F)(F)F.O=C1CC[C@@H]2[C@@H](CCN2Cc2ccccn2)N1Cc1ccncc1. The van der Waals surface area contributed by atoms with Crippen molar-refractivity contribution < 1.29 is 74.0 Å². The summed E-state index contributed by atoms with van der Waals surface area (Å²) in [6.07, 6.45) is -7.15. The number of rotatable bonds is 4. The molecule has 0 saturated carbocycles. The van der Waals surface area contributed by atoms with E-state index in [-0.39, 0.29) is 5.91 Å². The third-order valence-electron chi connectivity index (χ3n) is 5.92. The fourth-order valence-corrected chi connectivity index (χ4v) is 4.02. The summed E-state index contributed by atoms with van der Waals surface area (Å²) in [6.45, 7) is 2.60. The lowest BCUT2D eigenvalue weighted by Crippen LogP contribution is -2.51. The highest BCUT2D eigenvalue weighted by Crippen LogP contribution is 2.33. The second kappa shape index (κ2) is 16.5. The first-order valence-electron chi connectivity index (χ1n) is 12.4. The van der Waals surface area contributed by atoms with Crippen molar-refractivity contribution in [2.75, 3.05) is 6.54 Å². The number of carbonyl (C=O) groups excluding carboxylic acids is 1. The Morgan fingerprint density at radius 2 is 1.22 bits per heavy atom. The molecule has 4 rings (SSSR count). The summed E-state index contributed by atoms with van der Waals surface area (Å²) in [5.74, 6) is -7.99. The van der Waals surface area contributed by atoms with E-state index in [1.165, 1.54) is 0 Å². The molecule has 2 aliphatic heterocycles. The number of likely N-dealkylation sites (tertiary alicyclic amines) is 2. The van der Waals surface area contributed by atoms with Crippen LogP contribution >= 0.6 is 0 Å². The van der Waals surface area contributed by atoms with Crippen molar-refractivity contribution in [3.63, 3.8) is 0 Å². The molecule has 0 aliphatic carbocycles. The lowest BCUT2D eigenvalue weighted by molar-refractivity contribution is -0.193. The number of amides is 1. The largest absolute Gasteiger partial charge is 0.490 e. The number of carboxylic acids is 3. The molecule has 0 unspecified atom stereocenters. The van der Waals surface area contributed by atoms with Gasteiger partial charge >= 0.3 is 36.4 Å². The molecule has 3 N–H and O–H groups in total. The minimum absolute atomic E-state index is 0.285. The van der Waals surface area contributed by atoms with Crippen molar-refractivity contribution in [1.82, 2.24) is 19.8 Å². The van der Waals surface area contributed by atoms with E-state index >= 15 is 0 Å². The molecule has 0 spiro atoms. The Kier molecular flexibility index (Phi) is 14.2. The Balaban J connectivity index is 0.000000396. The highest BCUT2D eigenvalue weighted by molar-refractivity contribution is 5.78. The van der Waals surface area contributed by atoms with Gasteiger partial charge in [-0.05, 0) is 42.7 Å². The number of aliphatic carboxylic acids is 3. The second-order valence-corrected chi connectivity index (χ2v) is 9.04. The van der Waals surface area contributed by atoms with E-state index in [1.54, 1.807) is 12.4 Å². The van der Waals surface area contributed by atoms with E-state index in [0.717, 1.165) is 37.2 Å². The first-order valence-corrected chi connectivity index (χ1v) is 12.4. The summed E-state index contributed by atoms with van der Waals surface area (Å²) >= 11 is 0. The molecule has 20 heteroatoms. The van der Waals surface area contributed by atoms with Crippen LogP contribution in [0.15, 0.2) is 48.9 Å². The molecule has 2 saturated heterocycles. The van der Waals surface area contributed by atoms with Crippen LogP contribution in [-0.2, 0) is 32.3 Å². The van der Waals surface area contributed by atoms with Crippen LogP contribution in [0.1, 0.15) is 30.5 Å². The van der Waals surface area contributed by atoms with Gasteiger partial charge < -0.3 is 20.2 Å². The molecule has 11 nitrogen and oxygen atoms in total. The van der Waals surface area contributed by atoms with E-state index in [0.29, 0.717) is 25.0 Å². The maximum absolute atomic E-state index is 12.5. The van der Waals surface area contributed by atoms with E-state index in [2.05, 4.69) is 25.8 Å². The van der Waals surface area contributed by atoms with Crippen LogP contribution in [-0.4, -0.2) is 96.1 Å². The fourth-order valence-electron chi connectivity index (χ4n) is 4.02. The maximum Gasteiger partial charge on any atom is 0.490 e. The van der Waals surface area contributed by atoms with Crippen molar-refractivity contribution in [3.8, 4) is 0 Å². The molecule has 4 heterocycles. The Hall–Kier alpha value is -4.49.